The molecule has 0 saturated carbocycles. The number of hydrogen-bond acceptors (Lipinski definition) is 7. The predicted octanol–water partition coefficient (Wildman–Crippen LogP) is 1.64. The second-order valence-electron chi connectivity index (χ2n) is 4.75. The molecule has 2 atom stereocenters. The van der Waals surface area contributed by atoms with Crippen LogP contribution in [-0.2, 0) is 0 Å². The normalized spacial score (nSPS) is 22.3. The minimum atomic E-state index is 0.282. The highest BCUT2D eigenvalue weighted by atomic mass is 32.2. The maximum absolute atomic E-state index is 5.44. The molecule has 0 aliphatic carbocycles. The Morgan fingerprint density at radius 1 is 1.40 bits per heavy atom. The SMILES string of the molecule is CCNC1CSCC1c1nc(-c2ccnc(C)n2)no1. The zero-order chi connectivity index (χ0) is 13.9. The smallest absolute Gasteiger partial charge is 0.232 e. The molecule has 0 radical (unpaired) electrons. The monoisotopic (exact) mass is 291 g/mol. The van der Waals surface area contributed by atoms with Crippen molar-refractivity contribution in [1.29, 1.82) is 0 Å². The van der Waals surface area contributed by atoms with Crippen molar-refractivity contribution in [2.75, 3.05) is 18.1 Å². The highest BCUT2D eigenvalue weighted by Crippen LogP contribution is 2.32. The predicted molar refractivity (Wildman–Crippen MR) is 77.6 cm³/mol. The average molecular weight is 291 g/mol. The Balaban J connectivity index is 1.83. The van der Waals surface area contributed by atoms with Crippen molar-refractivity contribution in [2.45, 2.75) is 25.8 Å². The largest absolute Gasteiger partial charge is 0.339 e. The van der Waals surface area contributed by atoms with E-state index in [9.17, 15) is 0 Å². The third-order valence-corrected chi connectivity index (χ3v) is 4.50. The molecule has 2 aromatic heterocycles. The van der Waals surface area contributed by atoms with E-state index in [4.69, 9.17) is 4.52 Å². The number of likely N-dealkylation sites (N-methyl/N-ethyl adjacent to an activating group) is 1. The standard InChI is InChI=1S/C13H17N5OS/c1-3-14-11-7-20-6-9(11)13-17-12(18-19-13)10-4-5-15-8(2)16-10/h4-5,9,11,14H,3,6-7H2,1-2H3. The van der Waals surface area contributed by atoms with Crippen LogP contribution in [0.4, 0.5) is 0 Å². The Bertz CT molecular complexity index is 588. The number of aromatic nitrogens is 4. The van der Waals surface area contributed by atoms with E-state index in [1.807, 2.05) is 18.7 Å². The van der Waals surface area contributed by atoms with Gasteiger partial charge in [-0.05, 0) is 19.5 Å². The highest BCUT2D eigenvalue weighted by Gasteiger charge is 2.33. The minimum Gasteiger partial charge on any atom is -0.339 e. The molecule has 0 spiro atoms. The van der Waals surface area contributed by atoms with E-state index in [1.54, 1.807) is 12.3 Å². The molecule has 1 saturated heterocycles. The number of nitrogens with zero attached hydrogens (tertiary/aromatic N) is 4. The van der Waals surface area contributed by atoms with Crippen molar-refractivity contribution in [2.24, 2.45) is 0 Å². The third-order valence-electron chi connectivity index (χ3n) is 3.31. The summed E-state index contributed by atoms with van der Waals surface area (Å²) in [5, 5.41) is 7.53. The molecule has 1 fully saturated rings. The molecule has 0 bridgehead atoms. The molecule has 1 N–H and O–H groups in total. The van der Waals surface area contributed by atoms with Crippen LogP contribution in [0.1, 0.15) is 24.6 Å². The molecule has 6 nitrogen and oxygen atoms in total. The Labute approximate surface area is 121 Å². The quantitative estimate of drug-likeness (QED) is 0.917. The summed E-state index contributed by atoms with van der Waals surface area (Å²) in [7, 11) is 0. The van der Waals surface area contributed by atoms with Crippen LogP contribution < -0.4 is 5.32 Å². The zero-order valence-electron chi connectivity index (χ0n) is 11.5. The van der Waals surface area contributed by atoms with Crippen LogP contribution in [0.3, 0.4) is 0 Å². The average Bonchev–Trinajstić information content (AvgIpc) is 3.07. The summed E-state index contributed by atoms with van der Waals surface area (Å²) in [5.74, 6) is 4.33. The topological polar surface area (TPSA) is 76.7 Å². The number of rotatable bonds is 4. The Morgan fingerprint density at radius 3 is 3.10 bits per heavy atom. The lowest BCUT2D eigenvalue weighted by Gasteiger charge is -2.15. The van der Waals surface area contributed by atoms with Crippen molar-refractivity contribution in [3.63, 3.8) is 0 Å². The maximum atomic E-state index is 5.44. The van der Waals surface area contributed by atoms with E-state index >= 15 is 0 Å². The van der Waals surface area contributed by atoms with E-state index in [0.29, 0.717) is 29.3 Å². The molecule has 7 heteroatoms. The summed E-state index contributed by atoms with van der Waals surface area (Å²) in [5.41, 5.74) is 0.707. The molecule has 20 heavy (non-hydrogen) atoms. The second kappa shape index (κ2) is 5.88. The molecule has 1 aliphatic rings. The molecular weight excluding hydrogens is 274 g/mol. The molecule has 2 aromatic rings. The Kier molecular flexibility index (Phi) is 3.98. The third kappa shape index (κ3) is 2.69. The van der Waals surface area contributed by atoms with Crippen LogP contribution in [0.2, 0.25) is 0 Å². The number of nitrogens with one attached hydrogen (secondary N) is 1. The fraction of sp³-hybridized carbons (Fsp3) is 0.538. The summed E-state index contributed by atoms with van der Waals surface area (Å²) in [4.78, 5) is 12.9. The first-order valence-corrected chi connectivity index (χ1v) is 7.88. The van der Waals surface area contributed by atoms with E-state index in [0.717, 1.165) is 18.1 Å². The number of hydrogen-bond donors (Lipinski definition) is 1. The van der Waals surface area contributed by atoms with Gasteiger partial charge in [0.15, 0.2) is 0 Å². The van der Waals surface area contributed by atoms with Gasteiger partial charge in [0, 0.05) is 23.7 Å². The number of aryl methyl sites for hydroxylation is 1. The first kappa shape index (κ1) is 13.5. The fourth-order valence-corrected chi connectivity index (χ4v) is 3.70. The van der Waals surface area contributed by atoms with Gasteiger partial charge in [0.1, 0.15) is 11.5 Å². The van der Waals surface area contributed by atoms with Crippen LogP contribution in [0, 0.1) is 6.92 Å². The zero-order valence-corrected chi connectivity index (χ0v) is 12.4. The van der Waals surface area contributed by atoms with Gasteiger partial charge in [-0.2, -0.15) is 16.7 Å². The molecular formula is C13H17N5OS. The van der Waals surface area contributed by atoms with Crippen LogP contribution in [0.5, 0.6) is 0 Å². The van der Waals surface area contributed by atoms with Gasteiger partial charge in [-0.3, -0.25) is 0 Å². The van der Waals surface area contributed by atoms with Crippen molar-refractivity contribution >= 4 is 11.8 Å². The fourth-order valence-electron chi connectivity index (χ4n) is 2.33. The van der Waals surface area contributed by atoms with Gasteiger partial charge in [-0.15, -0.1) is 0 Å². The van der Waals surface area contributed by atoms with Crippen molar-refractivity contribution in [3.8, 4) is 11.5 Å². The van der Waals surface area contributed by atoms with Gasteiger partial charge in [0.25, 0.3) is 0 Å². The lowest BCUT2D eigenvalue weighted by Crippen LogP contribution is -2.34. The van der Waals surface area contributed by atoms with Crippen molar-refractivity contribution in [1.82, 2.24) is 25.4 Å². The van der Waals surface area contributed by atoms with E-state index in [1.165, 1.54) is 0 Å². The highest BCUT2D eigenvalue weighted by molar-refractivity contribution is 7.99. The lowest BCUT2D eigenvalue weighted by molar-refractivity contribution is 0.340. The molecule has 2 unspecified atom stereocenters. The van der Waals surface area contributed by atoms with Crippen LogP contribution >= 0.6 is 11.8 Å². The molecule has 0 aromatic carbocycles. The summed E-state index contributed by atoms with van der Waals surface area (Å²) in [6.07, 6.45) is 1.71. The maximum Gasteiger partial charge on any atom is 0.232 e. The summed E-state index contributed by atoms with van der Waals surface area (Å²) < 4.78 is 5.44. The first-order chi connectivity index (χ1) is 9.78. The van der Waals surface area contributed by atoms with Crippen molar-refractivity contribution in [3.05, 3.63) is 24.0 Å². The van der Waals surface area contributed by atoms with Gasteiger partial charge < -0.3 is 9.84 Å². The van der Waals surface area contributed by atoms with E-state index in [-0.39, 0.29) is 5.92 Å². The van der Waals surface area contributed by atoms with Gasteiger partial charge in [0.05, 0.1) is 5.92 Å². The van der Waals surface area contributed by atoms with E-state index in [2.05, 4.69) is 32.3 Å². The van der Waals surface area contributed by atoms with Crippen LogP contribution in [-0.4, -0.2) is 44.2 Å². The van der Waals surface area contributed by atoms with Gasteiger partial charge >= 0.3 is 0 Å². The molecule has 106 valence electrons. The lowest BCUT2D eigenvalue weighted by atomic mass is 10.0. The van der Waals surface area contributed by atoms with Crippen LogP contribution in [0.15, 0.2) is 16.8 Å². The number of thioether (sulfide) groups is 1. The molecule has 3 heterocycles. The molecule has 0 amide bonds. The molecule has 1 aliphatic heterocycles. The molecule has 3 rings (SSSR count). The Hall–Kier alpha value is -1.47. The van der Waals surface area contributed by atoms with Gasteiger partial charge in [-0.1, -0.05) is 12.1 Å². The van der Waals surface area contributed by atoms with Gasteiger partial charge in [-0.25, -0.2) is 9.97 Å². The van der Waals surface area contributed by atoms with Gasteiger partial charge in [0.2, 0.25) is 11.7 Å². The summed E-state index contributed by atoms with van der Waals surface area (Å²) in [6, 6.07) is 2.21. The summed E-state index contributed by atoms with van der Waals surface area (Å²) in [6.45, 7) is 4.91. The van der Waals surface area contributed by atoms with Crippen molar-refractivity contribution < 1.29 is 4.52 Å². The second-order valence-corrected chi connectivity index (χ2v) is 5.83. The first-order valence-electron chi connectivity index (χ1n) is 6.72. The minimum absolute atomic E-state index is 0.282. The van der Waals surface area contributed by atoms with E-state index < -0.39 is 0 Å². The Morgan fingerprint density at radius 2 is 2.30 bits per heavy atom. The van der Waals surface area contributed by atoms with Crippen LogP contribution in [0.25, 0.3) is 11.5 Å². The summed E-state index contributed by atoms with van der Waals surface area (Å²) >= 11 is 1.92.